The predicted octanol–water partition coefficient (Wildman–Crippen LogP) is 4.97. The van der Waals surface area contributed by atoms with E-state index in [1.807, 2.05) is 20.8 Å². The monoisotopic (exact) mass is 501 g/mol. The Balaban J connectivity index is 1.44. The van der Waals surface area contributed by atoms with Crippen LogP contribution in [0.4, 0.5) is 14.9 Å². The summed E-state index contributed by atoms with van der Waals surface area (Å²) in [6, 6.07) is 2.80. The van der Waals surface area contributed by atoms with Crippen molar-refractivity contribution in [3.8, 4) is 0 Å². The number of benzene rings is 1. The standard InChI is InChI=1S/C24H25ClFN5O4/c1-4-18(19-13(2)29-35-14(19)3)31-11-15(10-27-31)22(32)30-9-5-8-24(12-30)20-17(28-23(33)34-24)7-6-16(25)21(20)26/h6-7,10-11,18H,4-5,8-9,12H2,1-3H3,(H,28,33)/t18?,24-/m0/s1. The molecule has 1 aromatic carbocycles. The lowest BCUT2D eigenvalue weighted by molar-refractivity contribution is -0.0418. The normalized spacial score (nSPS) is 20.4. The topological polar surface area (TPSA) is 102 Å². The number of carbonyl (C=O) groups is 2. The van der Waals surface area contributed by atoms with Gasteiger partial charge < -0.3 is 14.2 Å². The molecule has 1 saturated heterocycles. The summed E-state index contributed by atoms with van der Waals surface area (Å²) in [5, 5.41) is 10.9. The number of ether oxygens (including phenoxy) is 1. The van der Waals surface area contributed by atoms with E-state index in [1.54, 1.807) is 21.8 Å². The molecule has 1 fully saturated rings. The van der Waals surface area contributed by atoms with Crippen molar-refractivity contribution in [1.82, 2.24) is 19.8 Å². The van der Waals surface area contributed by atoms with E-state index in [0.29, 0.717) is 36.4 Å². The van der Waals surface area contributed by atoms with Gasteiger partial charge in [0.25, 0.3) is 5.91 Å². The molecule has 0 aliphatic carbocycles. The third kappa shape index (κ3) is 3.85. The van der Waals surface area contributed by atoms with Gasteiger partial charge in [-0.2, -0.15) is 5.10 Å². The Bertz CT molecular complexity index is 1300. The highest BCUT2D eigenvalue weighted by Gasteiger charge is 2.48. The van der Waals surface area contributed by atoms with Gasteiger partial charge in [-0.3, -0.25) is 14.8 Å². The van der Waals surface area contributed by atoms with Gasteiger partial charge >= 0.3 is 6.09 Å². The number of nitrogens with zero attached hydrogens (tertiary/aromatic N) is 4. The average molecular weight is 502 g/mol. The van der Waals surface area contributed by atoms with Crippen molar-refractivity contribution in [3.05, 3.63) is 63.5 Å². The van der Waals surface area contributed by atoms with Crippen molar-refractivity contribution in [3.63, 3.8) is 0 Å². The van der Waals surface area contributed by atoms with Crippen LogP contribution in [0.3, 0.4) is 0 Å². The smallest absolute Gasteiger partial charge is 0.412 e. The Kier molecular flexibility index (Phi) is 5.79. The fourth-order valence-electron chi connectivity index (χ4n) is 5.24. The van der Waals surface area contributed by atoms with E-state index < -0.39 is 17.5 Å². The summed E-state index contributed by atoms with van der Waals surface area (Å²) in [6.07, 6.45) is 4.15. The first-order valence-electron chi connectivity index (χ1n) is 11.5. The van der Waals surface area contributed by atoms with Gasteiger partial charge in [0.2, 0.25) is 0 Å². The molecule has 2 aromatic heterocycles. The zero-order valence-electron chi connectivity index (χ0n) is 19.6. The zero-order chi connectivity index (χ0) is 24.9. The number of anilines is 1. The third-order valence-corrected chi connectivity index (χ3v) is 7.09. The van der Waals surface area contributed by atoms with Crippen LogP contribution in [-0.2, 0) is 10.3 Å². The lowest BCUT2D eigenvalue weighted by atomic mass is 9.83. The summed E-state index contributed by atoms with van der Waals surface area (Å²) < 4.78 is 27.8. The molecular formula is C24H25ClFN5O4. The van der Waals surface area contributed by atoms with Crippen LogP contribution < -0.4 is 5.32 Å². The van der Waals surface area contributed by atoms with Gasteiger partial charge in [-0.1, -0.05) is 23.7 Å². The maximum atomic E-state index is 15.1. The molecule has 35 heavy (non-hydrogen) atoms. The maximum Gasteiger partial charge on any atom is 0.412 e. The number of amides is 2. The Labute approximate surface area is 206 Å². The Morgan fingerprint density at radius 2 is 2.17 bits per heavy atom. The molecule has 0 saturated carbocycles. The Morgan fingerprint density at radius 1 is 1.37 bits per heavy atom. The maximum absolute atomic E-state index is 15.1. The number of hydrogen-bond acceptors (Lipinski definition) is 6. The average Bonchev–Trinajstić information content (AvgIpc) is 3.44. The minimum absolute atomic E-state index is 0.00969. The van der Waals surface area contributed by atoms with Gasteiger partial charge in [-0.05, 0) is 45.2 Å². The van der Waals surface area contributed by atoms with Crippen LogP contribution in [0.2, 0.25) is 5.02 Å². The number of likely N-dealkylation sites (tertiary alicyclic amines) is 1. The molecule has 2 aliphatic rings. The number of nitrogens with one attached hydrogen (secondary N) is 1. The van der Waals surface area contributed by atoms with Crippen LogP contribution in [-0.4, -0.2) is 44.9 Å². The summed E-state index contributed by atoms with van der Waals surface area (Å²) >= 11 is 6.04. The molecule has 5 rings (SSSR count). The van der Waals surface area contributed by atoms with Gasteiger partial charge in [0, 0.05) is 18.3 Å². The van der Waals surface area contributed by atoms with E-state index in [0.717, 1.165) is 17.7 Å². The fourth-order valence-corrected chi connectivity index (χ4v) is 5.40. The number of aryl methyl sites for hydroxylation is 2. The van der Waals surface area contributed by atoms with E-state index in [4.69, 9.17) is 20.9 Å². The minimum Gasteiger partial charge on any atom is -0.436 e. The van der Waals surface area contributed by atoms with Crippen LogP contribution >= 0.6 is 11.6 Å². The van der Waals surface area contributed by atoms with E-state index in [-0.39, 0.29) is 29.1 Å². The van der Waals surface area contributed by atoms with Gasteiger partial charge in [0.15, 0.2) is 11.4 Å². The summed E-state index contributed by atoms with van der Waals surface area (Å²) in [7, 11) is 0. The highest BCUT2D eigenvalue weighted by molar-refractivity contribution is 6.31. The van der Waals surface area contributed by atoms with Crippen LogP contribution in [0.15, 0.2) is 29.0 Å². The van der Waals surface area contributed by atoms with Gasteiger partial charge in [-0.15, -0.1) is 0 Å². The van der Waals surface area contributed by atoms with Crippen LogP contribution in [0.1, 0.15) is 65.2 Å². The number of fused-ring (bicyclic) bond motifs is 2. The predicted molar refractivity (Wildman–Crippen MR) is 125 cm³/mol. The van der Waals surface area contributed by atoms with Crippen LogP contribution in [0, 0.1) is 19.7 Å². The molecule has 0 radical (unpaired) electrons. The number of piperidine rings is 1. The molecule has 9 nitrogen and oxygen atoms in total. The van der Waals surface area contributed by atoms with Crippen molar-refractivity contribution in [2.24, 2.45) is 0 Å². The second kappa shape index (κ2) is 8.67. The molecule has 1 unspecified atom stereocenters. The highest BCUT2D eigenvalue weighted by Crippen LogP contribution is 2.45. The van der Waals surface area contributed by atoms with Crippen molar-refractivity contribution in [2.75, 3.05) is 18.4 Å². The first kappa shape index (κ1) is 23.3. The van der Waals surface area contributed by atoms with Crippen LogP contribution in [0.5, 0.6) is 0 Å². The van der Waals surface area contributed by atoms with E-state index in [9.17, 15) is 9.59 Å². The quantitative estimate of drug-likeness (QED) is 0.541. The number of aromatic nitrogens is 3. The van der Waals surface area contributed by atoms with E-state index in [2.05, 4.69) is 15.6 Å². The molecule has 1 spiro atoms. The summed E-state index contributed by atoms with van der Waals surface area (Å²) in [4.78, 5) is 27.4. The van der Waals surface area contributed by atoms with Gasteiger partial charge in [0.1, 0.15) is 5.76 Å². The van der Waals surface area contributed by atoms with Crippen LogP contribution in [0.25, 0.3) is 0 Å². The lowest BCUT2D eigenvalue weighted by Gasteiger charge is -2.45. The molecule has 3 aromatic rings. The van der Waals surface area contributed by atoms with Gasteiger partial charge in [0.05, 0.1) is 46.3 Å². The molecule has 1 N–H and O–H groups in total. The highest BCUT2D eigenvalue weighted by atomic mass is 35.5. The SMILES string of the molecule is CCC(c1c(C)noc1C)n1cc(C(=O)N2CCC[C@@]3(C2)OC(=O)Nc2ccc(Cl)c(F)c23)cn1. The number of carbonyl (C=O) groups excluding carboxylic acids is 2. The molecule has 2 aliphatic heterocycles. The summed E-state index contributed by atoms with van der Waals surface area (Å²) in [6.45, 7) is 6.20. The lowest BCUT2D eigenvalue weighted by Crippen LogP contribution is -2.53. The second-order valence-corrected chi connectivity index (χ2v) is 9.40. The Hall–Kier alpha value is -3.40. The third-order valence-electron chi connectivity index (χ3n) is 6.79. The second-order valence-electron chi connectivity index (χ2n) is 8.99. The number of rotatable bonds is 4. The largest absolute Gasteiger partial charge is 0.436 e. The van der Waals surface area contributed by atoms with Crippen molar-refractivity contribution >= 4 is 29.3 Å². The van der Waals surface area contributed by atoms with E-state index >= 15 is 4.39 Å². The summed E-state index contributed by atoms with van der Waals surface area (Å²) in [5.74, 6) is -0.221. The number of halogens is 2. The zero-order valence-corrected chi connectivity index (χ0v) is 20.4. The molecule has 0 bridgehead atoms. The van der Waals surface area contributed by atoms with Crippen molar-refractivity contribution in [1.29, 1.82) is 0 Å². The fraction of sp³-hybridized carbons (Fsp3) is 0.417. The molecular weight excluding hydrogens is 477 g/mol. The molecule has 2 amide bonds. The minimum atomic E-state index is -1.32. The molecule has 2 atom stereocenters. The molecule has 4 heterocycles. The number of hydrogen-bond donors (Lipinski definition) is 1. The molecule has 184 valence electrons. The summed E-state index contributed by atoms with van der Waals surface area (Å²) in [5.41, 5.74) is 1.26. The first-order chi connectivity index (χ1) is 16.7. The molecule has 11 heteroatoms. The first-order valence-corrected chi connectivity index (χ1v) is 11.9. The van der Waals surface area contributed by atoms with Crippen molar-refractivity contribution in [2.45, 2.75) is 51.7 Å². The van der Waals surface area contributed by atoms with E-state index in [1.165, 1.54) is 12.3 Å². The van der Waals surface area contributed by atoms with Gasteiger partial charge in [-0.25, -0.2) is 9.18 Å². The van der Waals surface area contributed by atoms with Crippen molar-refractivity contribution < 1.29 is 23.2 Å². The Morgan fingerprint density at radius 3 is 2.89 bits per heavy atom.